The van der Waals surface area contributed by atoms with E-state index in [4.69, 9.17) is 27.9 Å². The highest BCUT2D eigenvalue weighted by atomic mass is 35.5. The van der Waals surface area contributed by atoms with Gasteiger partial charge in [-0.1, -0.05) is 48.5 Å². The van der Waals surface area contributed by atoms with E-state index in [0.29, 0.717) is 22.2 Å². The van der Waals surface area contributed by atoms with E-state index in [0.717, 1.165) is 12.8 Å². The zero-order valence-corrected chi connectivity index (χ0v) is 12.3. The molecular weight excluding hydrogens is 283 g/mol. The summed E-state index contributed by atoms with van der Waals surface area (Å²) in [5.74, 6) is 0.635. The number of ether oxygens (including phenoxy) is 1. The van der Waals surface area contributed by atoms with Crippen molar-refractivity contribution < 1.29 is 9.84 Å². The summed E-state index contributed by atoms with van der Waals surface area (Å²) < 4.78 is 6.05. The molecule has 2 fully saturated rings. The summed E-state index contributed by atoms with van der Waals surface area (Å²) in [6, 6.07) is 5.43. The minimum atomic E-state index is -0.226. The van der Waals surface area contributed by atoms with Gasteiger partial charge in [0.2, 0.25) is 0 Å². The Morgan fingerprint density at radius 3 is 2.58 bits per heavy atom. The number of benzene rings is 1. The first-order chi connectivity index (χ1) is 9.13. The van der Waals surface area contributed by atoms with Crippen molar-refractivity contribution in [3.8, 4) is 5.75 Å². The standard InChI is InChI=1S/C15H18Cl2O2/c16-10-5-4-6-11(14(10)17)19-13-9-12(18)15(13)7-2-1-3-8-15/h4-6,12-13,18H,1-3,7-9H2. The van der Waals surface area contributed by atoms with Crippen molar-refractivity contribution >= 4 is 23.2 Å². The third kappa shape index (κ3) is 2.24. The first-order valence-electron chi connectivity index (χ1n) is 6.92. The summed E-state index contributed by atoms with van der Waals surface area (Å²) >= 11 is 12.2. The number of aliphatic hydroxyl groups excluding tert-OH is 1. The zero-order valence-electron chi connectivity index (χ0n) is 10.7. The molecule has 1 spiro atoms. The van der Waals surface area contributed by atoms with Crippen LogP contribution in [0.15, 0.2) is 18.2 Å². The van der Waals surface area contributed by atoms with Crippen molar-refractivity contribution in [2.24, 2.45) is 5.41 Å². The highest BCUT2D eigenvalue weighted by molar-refractivity contribution is 6.42. The van der Waals surface area contributed by atoms with Crippen molar-refractivity contribution in [1.29, 1.82) is 0 Å². The smallest absolute Gasteiger partial charge is 0.139 e. The number of aliphatic hydroxyl groups is 1. The molecule has 2 aliphatic carbocycles. The quantitative estimate of drug-likeness (QED) is 0.874. The van der Waals surface area contributed by atoms with Gasteiger partial charge >= 0.3 is 0 Å². The molecule has 2 nitrogen and oxygen atoms in total. The lowest BCUT2D eigenvalue weighted by Gasteiger charge is -2.55. The van der Waals surface area contributed by atoms with Crippen LogP contribution >= 0.6 is 23.2 Å². The first-order valence-corrected chi connectivity index (χ1v) is 7.68. The van der Waals surface area contributed by atoms with Gasteiger partial charge in [-0.25, -0.2) is 0 Å². The fourth-order valence-corrected chi connectivity index (χ4v) is 3.82. The average Bonchev–Trinajstić information content (AvgIpc) is 2.44. The Kier molecular flexibility index (Phi) is 3.67. The highest BCUT2D eigenvalue weighted by Crippen LogP contribution is 2.53. The van der Waals surface area contributed by atoms with Crippen LogP contribution < -0.4 is 4.74 Å². The monoisotopic (exact) mass is 300 g/mol. The molecule has 1 aromatic carbocycles. The maximum atomic E-state index is 10.2. The lowest BCUT2D eigenvalue weighted by molar-refractivity contribution is -0.172. The SMILES string of the molecule is OC1CC(Oc2cccc(Cl)c2Cl)C12CCCCC2. The van der Waals surface area contributed by atoms with Gasteiger partial charge in [-0.3, -0.25) is 0 Å². The molecule has 1 N–H and O–H groups in total. The van der Waals surface area contributed by atoms with Crippen LogP contribution in [0.25, 0.3) is 0 Å². The lowest BCUT2D eigenvalue weighted by atomic mass is 9.56. The van der Waals surface area contributed by atoms with E-state index in [2.05, 4.69) is 0 Å². The summed E-state index contributed by atoms with van der Waals surface area (Å²) in [5.41, 5.74) is -0.0517. The fourth-order valence-electron chi connectivity index (χ4n) is 3.49. The van der Waals surface area contributed by atoms with Crippen LogP contribution in [0.2, 0.25) is 10.0 Å². The topological polar surface area (TPSA) is 29.5 Å². The number of halogens is 2. The van der Waals surface area contributed by atoms with Crippen molar-refractivity contribution in [2.45, 2.75) is 50.7 Å². The predicted molar refractivity (Wildman–Crippen MR) is 77.0 cm³/mol. The van der Waals surface area contributed by atoms with E-state index in [1.807, 2.05) is 12.1 Å². The van der Waals surface area contributed by atoms with Crippen LogP contribution in [0.3, 0.4) is 0 Å². The first kappa shape index (κ1) is 13.5. The number of hydrogen-bond donors (Lipinski definition) is 1. The molecule has 0 heterocycles. The summed E-state index contributed by atoms with van der Waals surface area (Å²) in [7, 11) is 0. The molecule has 3 rings (SSSR count). The van der Waals surface area contributed by atoms with Gasteiger partial charge in [-0.05, 0) is 25.0 Å². The van der Waals surface area contributed by atoms with Gasteiger partial charge in [-0.2, -0.15) is 0 Å². The largest absolute Gasteiger partial charge is 0.488 e. The van der Waals surface area contributed by atoms with E-state index in [1.165, 1.54) is 19.3 Å². The van der Waals surface area contributed by atoms with Crippen LogP contribution in [0.4, 0.5) is 0 Å². The second kappa shape index (κ2) is 5.16. The molecular formula is C15H18Cl2O2. The minimum Gasteiger partial charge on any atom is -0.488 e. The molecule has 0 saturated heterocycles. The second-order valence-corrected chi connectivity index (χ2v) is 6.49. The van der Waals surface area contributed by atoms with E-state index in [1.54, 1.807) is 6.07 Å². The molecule has 4 heteroatoms. The Labute approximate surface area is 123 Å². The summed E-state index contributed by atoms with van der Waals surface area (Å²) in [6.07, 6.45) is 6.27. The molecule has 0 amide bonds. The molecule has 2 aliphatic rings. The second-order valence-electron chi connectivity index (χ2n) is 5.70. The summed E-state index contributed by atoms with van der Waals surface area (Å²) in [6.45, 7) is 0. The van der Waals surface area contributed by atoms with E-state index >= 15 is 0 Å². The van der Waals surface area contributed by atoms with Gasteiger partial charge < -0.3 is 9.84 Å². The summed E-state index contributed by atoms with van der Waals surface area (Å²) in [5, 5.41) is 11.1. The molecule has 0 radical (unpaired) electrons. The highest BCUT2D eigenvalue weighted by Gasteiger charge is 2.56. The molecule has 19 heavy (non-hydrogen) atoms. The molecule has 0 aliphatic heterocycles. The van der Waals surface area contributed by atoms with Gasteiger partial charge in [0.1, 0.15) is 16.9 Å². The van der Waals surface area contributed by atoms with Crippen molar-refractivity contribution in [1.82, 2.24) is 0 Å². The Hall–Kier alpha value is -0.440. The van der Waals surface area contributed by atoms with Crippen LogP contribution in [0.1, 0.15) is 38.5 Å². The molecule has 1 aromatic rings. The normalized spacial score (nSPS) is 29.0. The Morgan fingerprint density at radius 1 is 1.16 bits per heavy atom. The Bertz CT molecular complexity index is 469. The average molecular weight is 301 g/mol. The lowest BCUT2D eigenvalue weighted by Crippen LogP contribution is -2.60. The number of hydrogen-bond acceptors (Lipinski definition) is 2. The van der Waals surface area contributed by atoms with E-state index in [-0.39, 0.29) is 17.6 Å². The van der Waals surface area contributed by atoms with Gasteiger partial charge in [0.15, 0.2) is 0 Å². The van der Waals surface area contributed by atoms with Crippen LogP contribution in [-0.4, -0.2) is 17.3 Å². The van der Waals surface area contributed by atoms with Crippen molar-refractivity contribution in [3.05, 3.63) is 28.2 Å². The van der Waals surface area contributed by atoms with Crippen molar-refractivity contribution in [2.75, 3.05) is 0 Å². The van der Waals surface area contributed by atoms with Crippen LogP contribution in [0, 0.1) is 5.41 Å². The van der Waals surface area contributed by atoms with E-state index in [9.17, 15) is 5.11 Å². The molecule has 104 valence electrons. The van der Waals surface area contributed by atoms with E-state index < -0.39 is 0 Å². The molecule has 0 aromatic heterocycles. The van der Waals surface area contributed by atoms with Gasteiger partial charge in [0, 0.05) is 11.8 Å². The Balaban J connectivity index is 1.78. The predicted octanol–water partition coefficient (Wildman–Crippen LogP) is 4.46. The van der Waals surface area contributed by atoms with Gasteiger partial charge in [0.05, 0.1) is 11.1 Å². The summed E-state index contributed by atoms with van der Waals surface area (Å²) in [4.78, 5) is 0. The zero-order chi connectivity index (χ0) is 13.5. The maximum Gasteiger partial charge on any atom is 0.139 e. The molecule has 0 bridgehead atoms. The van der Waals surface area contributed by atoms with Gasteiger partial charge in [-0.15, -0.1) is 0 Å². The minimum absolute atomic E-state index is 0.0517. The molecule has 2 unspecified atom stereocenters. The van der Waals surface area contributed by atoms with Crippen molar-refractivity contribution in [3.63, 3.8) is 0 Å². The van der Waals surface area contributed by atoms with Gasteiger partial charge in [0.25, 0.3) is 0 Å². The van der Waals surface area contributed by atoms with Crippen LogP contribution in [0.5, 0.6) is 5.75 Å². The fraction of sp³-hybridized carbons (Fsp3) is 0.600. The molecule has 2 atom stereocenters. The maximum absolute atomic E-state index is 10.2. The third-order valence-corrected chi connectivity index (χ3v) is 5.51. The third-order valence-electron chi connectivity index (χ3n) is 4.71. The molecule has 2 saturated carbocycles. The Morgan fingerprint density at radius 2 is 1.89 bits per heavy atom. The van der Waals surface area contributed by atoms with Crippen LogP contribution in [-0.2, 0) is 0 Å². The number of rotatable bonds is 2.